The van der Waals surface area contributed by atoms with Gasteiger partial charge >= 0.3 is 12.3 Å². The van der Waals surface area contributed by atoms with Crippen LogP contribution in [0.5, 0.6) is 0 Å². The molecule has 4 nitrogen and oxygen atoms in total. The number of aliphatic hydroxyl groups excluding tert-OH is 1. The second-order valence-electron chi connectivity index (χ2n) is 7.08. The maximum absolute atomic E-state index is 13.3. The maximum atomic E-state index is 13.3. The van der Waals surface area contributed by atoms with Crippen molar-refractivity contribution in [3.8, 4) is 0 Å². The van der Waals surface area contributed by atoms with Crippen LogP contribution in [0.2, 0.25) is 0 Å². The van der Waals surface area contributed by atoms with Crippen LogP contribution in [0.25, 0.3) is 0 Å². The number of halogens is 4. The van der Waals surface area contributed by atoms with E-state index in [4.69, 9.17) is 4.74 Å². The zero-order chi connectivity index (χ0) is 21.2. The molecule has 2 aromatic rings. The highest BCUT2D eigenvalue weighted by Crippen LogP contribution is 2.39. The van der Waals surface area contributed by atoms with E-state index in [0.717, 1.165) is 12.1 Å². The van der Waals surface area contributed by atoms with Gasteiger partial charge in [-0.3, -0.25) is 0 Å². The van der Waals surface area contributed by atoms with Gasteiger partial charge in [0.15, 0.2) is 0 Å². The number of carbonyl (C=O) groups is 1. The van der Waals surface area contributed by atoms with Gasteiger partial charge in [-0.1, -0.05) is 24.3 Å². The quantitative estimate of drug-likeness (QED) is 0.703. The highest BCUT2D eigenvalue weighted by atomic mass is 19.4. The molecule has 0 spiro atoms. The fourth-order valence-electron chi connectivity index (χ4n) is 3.61. The number of aliphatic hydroxyl groups is 1. The molecule has 1 fully saturated rings. The second-order valence-corrected chi connectivity index (χ2v) is 7.08. The van der Waals surface area contributed by atoms with Gasteiger partial charge in [-0.2, -0.15) is 13.2 Å². The molecule has 0 aliphatic carbocycles. The van der Waals surface area contributed by atoms with Crippen LogP contribution in [0.15, 0.2) is 48.5 Å². The van der Waals surface area contributed by atoms with Crippen LogP contribution in [0.4, 0.5) is 22.4 Å². The summed E-state index contributed by atoms with van der Waals surface area (Å²) in [6, 6.07) is 9.72. The van der Waals surface area contributed by atoms with Crippen LogP contribution in [-0.2, 0) is 16.5 Å². The molecule has 156 valence electrons. The van der Waals surface area contributed by atoms with Crippen molar-refractivity contribution in [2.45, 2.75) is 37.6 Å². The molecule has 0 radical (unpaired) electrons. The molecule has 1 aliphatic heterocycles. The molecule has 1 N–H and O–H groups in total. The van der Waals surface area contributed by atoms with Crippen LogP contribution in [0, 0.1) is 5.82 Å². The van der Waals surface area contributed by atoms with E-state index in [-0.39, 0.29) is 19.6 Å². The van der Waals surface area contributed by atoms with Gasteiger partial charge in [0.05, 0.1) is 11.6 Å². The first kappa shape index (κ1) is 21.1. The highest BCUT2D eigenvalue weighted by Gasteiger charge is 2.43. The monoisotopic (exact) mass is 411 g/mol. The molecule has 0 saturated carbocycles. The van der Waals surface area contributed by atoms with E-state index >= 15 is 0 Å². The molecule has 8 heteroatoms. The Labute approximate surface area is 165 Å². The molecule has 1 aliphatic rings. The van der Waals surface area contributed by atoms with Gasteiger partial charge in [0.2, 0.25) is 0 Å². The van der Waals surface area contributed by atoms with Crippen molar-refractivity contribution in [1.29, 1.82) is 0 Å². The van der Waals surface area contributed by atoms with Gasteiger partial charge in [0, 0.05) is 26.0 Å². The van der Waals surface area contributed by atoms with Crippen molar-refractivity contribution in [3.05, 3.63) is 71.0 Å². The van der Waals surface area contributed by atoms with Crippen LogP contribution in [-0.4, -0.2) is 29.3 Å². The van der Waals surface area contributed by atoms with Crippen molar-refractivity contribution in [1.82, 2.24) is 4.90 Å². The van der Waals surface area contributed by atoms with E-state index in [2.05, 4.69) is 0 Å². The van der Waals surface area contributed by atoms with E-state index in [1.807, 2.05) is 0 Å². The SMILES string of the molecule is C[C@@H](c1ccc(C(F)(F)F)cc1)N1CC[C@](CCO)(c2ccc(F)cc2)OC1=O. The summed E-state index contributed by atoms with van der Waals surface area (Å²) in [4.78, 5) is 14.2. The summed E-state index contributed by atoms with van der Waals surface area (Å²) >= 11 is 0. The van der Waals surface area contributed by atoms with Crippen molar-refractivity contribution < 1.29 is 32.2 Å². The Morgan fingerprint density at radius 1 is 1.14 bits per heavy atom. The smallest absolute Gasteiger partial charge is 0.416 e. The standard InChI is InChI=1S/C21H21F4NO3/c1-14(15-2-4-17(5-3-15)21(23,24)25)26-12-10-20(11-13-27,29-19(26)28)16-6-8-18(22)9-7-16/h2-9,14,27H,10-13H2,1H3/t14-,20-/m0/s1. The van der Waals surface area contributed by atoms with Crippen LogP contribution < -0.4 is 0 Å². The Kier molecular flexibility index (Phi) is 5.84. The predicted molar refractivity (Wildman–Crippen MR) is 97.4 cm³/mol. The minimum Gasteiger partial charge on any atom is -0.438 e. The maximum Gasteiger partial charge on any atom is 0.416 e. The van der Waals surface area contributed by atoms with Gasteiger partial charge < -0.3 is 14.7 Å². The van der Waals surface area contributed by atoms with Crippen molar-refractivity contribution in [2.24, 2.45) is 0 Å². The molecule has 2 aromatic carbocycles. The number of hydrogen-bond donors (Lipinski definition) is 1. The lowest BCUT2D eigenvalue weighted by atomic mass is 9.85. The van der Waals surface area contributed by atoms with E-state index < -0.39 is 35.3 Å². The molecule has 3 rings (SSSR count). The Hall–Kier alpha value is -2.61. The topological polar surface area (TPSA) is 49.8 Å². The Morgan fingerprint density at radius 3 is 2.28 bits per heavy atom. The molecular weight excluding hydrogens is 390 g/mol. The van der Waals surface area contributed by atoms with Gasteiger partial charge in [0.25, 0.3) is 0 Å². The van der Waals surface area contributed by atoms with Crippen LogP contribution in [0.1, 0.15) is 42.5 Å². The summed E-state index contributed by atoms with van der Waals surface area (Å²) < 4.78 is 57.2. The summed E-state index contributed by atoms with van der Waals surface area (Å²) in [6.07, 6.45) is -4.55. The summed E-state index contributed by atoms with van der Waals surface area (Å²) in [5.41, 5.74) is -0.696. The van der Waals surface area contributed by atoms with Gasteiger partial charge in [-0.05, 0) is 42.3 Å². The summed E-state index contributed by atoms with van der Waals surface area (Å²) in [5, 5.41) is 9.46. The fourth-order valence-corrected chi connectivity index (χ4v) is 3.61. The molecule has 0 aromatic heterocycles. The van der Waals surface area contributed by atoms with Crippen molar-refractivity contribution in [3.63, 3.8) is 0 Å². The Bertz CT molecular complexity index is 852. The first-order chi connectivity index (χ1) is 13.7. The lowest BCUT2D eigenvalue weighted by molar-refractivity contribution is -0.137. The number of cyclic esters (lactones) is 1. The Morgan fingerprint density at radius 2 is 1.76 bits per heavy atom. The molecule has 0 bridgehead atoms. The molecular formula is C21H21F4NO3. The first-order valence-electron chi connectivity index (χ1n) is 9.20. The van der Waals surface area contributed by atoms with Gasteiger partial charge in [0.1, 0.15) is 11.4 Å². The van der Waals surface area contributed by atoms with E-state index in [1.165, 1.54) is 41.3 Å². The lowest BCUT2D eigenvalue weighted by Gasteiger charge is -2.43. The fraction of sp³-hybridized carbons (Fsp3) is 0.381. The summed E-state index contributed by atoms with van der Waals surface area (Å²) in [7, 11) is 0. The first-order valence-corrected chi connectivity index (χ1v) is 9.20. The molecule has 1 saturated heterocycles. The lowest BCUT2D eigenvalue weighted by Crippen LogP contribution is -2.49. The molecule has 1 heterocycles. The average molecular weight is 411 g/mol. The minimum absolute atomic E-state index is 0.160. The van der Waals surface area contributed by atoms with E-state index in [9.17, 15) is 27.5 Å². The normalized spacial score (nSPS) is 21.0. The molecule has 1 amide bonds. The minimum atomic E-state index is -4.43. The average Bonchev–Trinajstić information content (AvgIpc) is 2.68. The number of carbonyl (C=O) groups excluding carboxylic acids is 1. The number of nitrogens with zero attached hydrogens (tertiary/aromatic N) is 1. The van der Waals surface area contributed by atoms with E-state index in [1.54, 1.807) is 6.92 Å². The number of hydrogen-bond acceptors (Lipinski definition) is 3. The molecule has 0 unspecified atom stereocenters. The summed E-state index contributed by atoms with van der Waals surface area (Å²) in [6.45, 7) is 1.76. The highest BCUT2D eigenvalue weighted by molar-refractivity contribution is 5.70. The second kappa shape index (κ2) is 8.02. The third-order valence-corrected chi connectivity index (χ3v) is 5.35. The predicted octanol–water partition coefficient (Wildman–Crippen LogP) is 5.03. The molecule has 29 heavy (non-hydrogen) atoms. The number of rotatable bonds is 5. The third-order valence-electron chi connectivity index (χ3n) is 5.35. The largest absolute Gasteiger partial charge is 0.438 e. The third kappa shape index (κ3) is 4.37. The number of ether oxygens (including phenoxy) is 1. The molecule has 2 atom stereocenters. The van der Waals surface area contributed by atoms with Crippen LogP contribution in [0.3, 0.4) is 0 Å². The summed E-state index contributed by atoms with van der Waals surface area (Å²) in [5.74, 6) is -0.424. The van der Waals surface area contributed by atoms with Crippen molar-refractivity contribution >= 4 is 6.09 Å². The Balaban J connectivity index is 1.79. The number of benzene rings is 2. The number of alkyl halides is 3. The van der Waals surface area contributed by atoms with Gasteiger partial charge in [-0.25, -0.2) is 9.18 Å². The van der Waals surface area contributed by atoms with Crippen molar-refractivity contribution in [2.75, 3.05) is 13.2 Å². The zero-order valence-electron chi connectivity index (χ0n) is 15.7. The zero-order valence-corrected chi connectivity index (χ0v) is 15.7. The van der Waals surface area contributed by atoms with Crippen LogP contribution >= 0.6 is 0 Å². The van der Waals surface area contributed by atoms with Gasteiger partial charge in [-0.15, -0.1) is 0 Å². The number of amides is 1. The van der Waals surface area contributed by atoms with E-state index in [0.29, 0.717) is 17.5 Å².